The van der Waals surface area contributed by atoms with E-state index in [4.69, 9.17) is 5.73 Å². The molecule has 0 aliphatic carbocycles. The predicted octanol–water partition coefficient (Wildman–Crippen LogP) is 2.13. The number of hydrogen-bond donors (Lipinski definition) is 1. The van der Waals surface area contributed by atoms with Crippen LogP contribution in [0.2, 0.25) is 0 Å². The third-order valence-corrected chi connectivity index (χ3v) is 6.10. The summed E-state index contributed by atoms with van der Waals surface area (Å²) in [6.07, 6.45) is 0. The number of halogens is 2. The first kappa shape index (κ1) is 17.6. The lowest BCUT2D eigenvalue weighted by Gasteiger charge is -2.34. The summed E-state index contributed by atoms with van der Waals surface area (Å²) in [7, 11) is -2.06. The van der Waals surface area contributed by atoms with Gasteiger partial charge in [0.2, 0.25) is 9.84 Å². The molecule has 1 saturated heterocycles. The first-order valence-corrected chi connectivity index (χ1v) is 9.30. The number of nitrogens with two attached hydrogens (primary N) is 1. The van der Waals surface area contributed by atoms with Gasteiger partial charge in [0.15, 0.2) is 0 Å². The van der Waals surface area contributed by atoms with Crippen LogP contribution in [0.1, 0.15) is 0 Å². The highest BCUT2D eigenvalue weighted by molar-refractivity contribution is 7.91. The molecule has 0 atom stereocenters. The molecule has 25 heavy (non-hydrogen) atoms. The lowest BCUT2D eigenvalue weighted by atomic mass is 10.2. The molecule has 1 aliphatic heterocycles. The fourth-order valence-electron chi connectivity index (χ4n) is 2.85. The van der Waals surface area contributed by atoms with E-state index < -0.39 is 26.4 Å². The minimum Gasteiger partial charge on any atom is -0.398 e. The maximum absolute atomic E-state index is 13.4. The first-order valence-electron chi connectivity index (χ1n) is 7.81. The molecule has 0 amide bonds. The average Bonchev–Trinajstić information content (AvgIpc) is 2.54. The molecule has 134 valence electrons. The van der Waals surface area contributed by atoms with Crippen molar-refractivity contribution < 1.29 is 17.2 Å². The first-order chi connectivity index (χ1) is 11.8. The standard InChI is InChI=1S/C17H19F2N3O2S/c1-21-4-6-22(7-5-21)14-2-3-17(16(20)11-14)25(23,24)15-9-12(18)8-13(19)10-15/h2-3,8-11H,4-7,20H2,1H3. The van der Waals surface area contributed by atoms with Gasteiger partial charge in [0, 0.05) is 37.9 Å². The Morgan fingerprint density at radius 2 is 1.56 bits per heavy atom. The minimum atomic E-state index is -4.10. The molecule has 0 aromatic heterocycles. The molecule has 0 unspecified atom stereocenters. The van der Waals surface area contributed by atoms with Gasteiger partial charge >= 0.3 is 0 Å². The van der Waals surface area contributed by atoms with E-state index in [0.29, 0.717) is 6.07 Å². The molecular formula is C17H19F2N3O2S. The van der Waals surface area contributed by atoms with Gasteiger partial charge in [0.05, 0.1) is 15.5 Å². The van der Waals surface area contributed by atoms with Crippen LogP contribution in [0.15, 0.2) is 46.2 Å². The monoisotopic (exact) mass is 367 g/mol. The second-order valence-electron chi connectivity index (χ2n) is 6.12. The maximum Gasteiger partial charge on any atom is 0.208 e. The van der Waals surface area contributed by atoms with Crippen LogP contribution in [0.3, 0.4) is 0 Å². The molecule has 5 nitrogen and oxygen atoms in total. The van der Waals surface area contributed by atoms with Crippen LogP contribution < -0.4 is 10.6 Å². The summed E-state index contributed by atoms with van der Waals surface area (Å²) in [5.74, 6) is -1.91. The highest BCUT2D eigenvalue weighted by Crippen LogP contribution is 2.30. The van der Waals surface area contributed by atoms with Gasteiger partial charge in [-0.25, -0.2) is 17.2 Å². The van der Waals surface area contributed by atoms with Crippen molar-refractivity contribution in [3.63, 3.8) is 0 Å². The van der Waals surface area contributed by atoms with E-state index in [-0.39, 0.29) is 10.6 Å². The number of benzene rings is 2. The molecule has 2 aromatic rings. The summed E-state index contributed by atoms with van der Waals surface area (Å²) in [6.45, 7) is 3.44. The van der Waals surface area contributed by atoms with Crippen molar-refractivity contribution >= 4 is 21.2 Å². The molecule has 0 saturated carbocycles. The van der Waals surface area contributed by atoms with Crippen LogP contribution in [0.5, 0.6) is 0 Å². The normalized spacial score (nSPS) is 16.2. The summed E-state index contributed by atoms with van der Waals surface area (Å²) in [5, 5.41) is 0. The summed E-state index contributed by atoms with van der Waals surface area (Å²) in [6, 6.07) is 6.84. The maximum atomic E-state index is 13.4. The Morgan fingerprint density at radius 3 is 2.12 bits per heavy atom. The fraction of sp³-hybridized carbons (Fsp3) is 0.294. The Bertz CT molecular complexity index is 875. The van der Waals surface area contributed by atoms with Gasteiger partial charge in [-0.3, -0.25) is 0 Å². The van der Waals surface area contributed by atoms with Gasteiger partial charge in [-0.1, -0.05) is 0 Å². The van der Waals surface area contributed by atoms with Crippen molar-refractivity contribution in [1.29, 1.82) is 0 Å². The summed E-state index contributed by atoms with van der Waals surface area (Å²) < 4.78 is 52.0. The third-order valence-electron chi connectivity index (χ3n) is 4.30. The number of sulfone groups is 1. The lowest BCUT2D eigenvalue weighted by Crippen LogP contribution is -2.44. The predicted molar refractivity (Wildman–Crippen MR) is 92.4 cm³/mol. The zero-order chi connectivity index (χ0) is 18.2. The van der Waals surface area contributed by atoms with Gasteiger partial charge in [-0.15, -0.1) is 0 Å². The van der Waals surface area contributed by atoms with Crippen LogP contribution in [0, 0.1) is 11.6 Å². The third kappa shape index (κ3) is 3.59. The number of nitrogens with zero attached hydrogens (tertiary/aromatic N) is 2. The molecule has 1 heterocycles. The van der Waals surface area contributed by atoms with Crippen molar-refractivity contribution in [3.05, 3.63) is 48.0 Å². The number of nitrogen functional groups attached to an aromatic ring is 1. The van der Waals surface area contributed by atoms with Crippen molar-refractivity contribution in [2.45, 2.75) is 9.79 Å². The highest BCUT2D eigenvalue weighted by atomic mass is 32.2. The van der Waals surface area contributed by atoms with Gasteiger partial charge in [-0.2, -0.15) is 0 Å². The Hall–Kier alpha value is -2.19. The number of piperazine rings is 1. The highest BCUT2D eigenvalue weighted by Gasteiger charge is 2.23. The van der Waals surface area contributed by atoms with Crippen LogP contribution in [-0.2, 0) is 9.84 Å². The van der Waals surface area contributed by atoms with E-state index in [1.165, 1.54) is 6.07 Å². The van der Waals surface area contributed by atoms with E-state index >= 15 is 0 Å². The fourth-order valence-corrected chi connectivity index (χ4v) is 4.26. The molecule has 1 aliphatic rings. The number of hydrogen-bond acceptors (Lipinski definition) is 5. The largest absolute Gasteiger partial charge is 0.398 e. The van der Waals surface area contributed by atoms with Crippen molar-refractivity contribution in [3.8, 4) is 0 Å². The van der Waals surface area contributed by atoms with Crippen LogP contribution in [0.4, 0.5) is 20.2 Å². The molecule has 0 spiro atoms. The Kier molecular flexibility index (Phi) is 4.66. The van der Waals surface area contributed by atoms with Crippen molar-refractivity contribution in [2.24, 2.45) is 0 Å². The average molecular weight is 367 g/mol. The second-order valence-corrected chi connectivity index (χ2v) is 8.04. The molecule has 1 fully saturated rings. The molecule has 0 radical (unpaired) electrons. The molecule has 2 N–H and O–H groups in total. The molecule has 0 bridgehead atoms. The van der Waals surface area contributed by atoms with Gasteiger partial charge in [0.1, 0.15) is 11.6 Å². The van der Waals surface area contributed by atoms with Gasteiger partial charge in [-0.05, 0) is 37.4 Å². The van der Waals surface area contributed by atoms with E-state index in [1.54, 1.807) is 12.1 Å². The van der Waals surface area contributed by atoms with E-state index in [9.17, 15) is 17.2 Å². The SMILES string of the molecule is CN1CCN(c2ccc(S(=O)(=O)c3cc(F)cc(F)c3)c(N)c2)CC1. The molecule has 8 heteroatoms. The summed E-state index contributed by atoms with van der Waals surface area (Å²) in [5.41, 5.74) is 6.84. The van der Waals surface area contributed by atoms with Gasteiger partial charge in [0.25, 0.3) is 0 Å². The quantitative estimate of drug-likeness (QED) is 0.842. The van der Waals surface area contributed by atoms with Gasteiger partial charge < -0.3 is 15.5 Å². The minimum absolute atomic E-state index is 0.0566. The smallest absolute Gasteiger partial charge is 0.208 e. The second kappa shape index (κ2) is 6.61. The zero-order valence-corrected chi connectivity index (χ0v) is 14.6. The summed E-state index contributed by atoms with van der Waals surface area (Å²) in [4.78, 5) is 3.71. The van der Waals surface area contributed by atoms with Crippen molar-refractivity contribution in [2.75, 3.05) is 43.9 Å². The molecule has 2 aromatic carbocycles. The number of likely N-dealkylation sites (N-methyl/N-ethyl adjacent to an activating group) is 1. The van der Waals surface area contributed by atoms with E-state index in [2.05, 4.69) is 9.80 Å². The molecular weight excluding hydrogens is 348 g/mol. The number of anilines is 2. The Labute approximate surface area is 145 Å². The lowest BCUT2D eigenvalue weighted by molar-refractivity contribution is 0.313. The van der Waals surface area contributed by atoms with Crippen molar-refractivity contribution in [1.82, 2.24) is 4.90 Å². The summed E-state index contributed by atoms with van der Waals surface area (Å²) >= 11 is 0. The number of rotatable bonds is 3. The van der Waals surface area contributed by atoms with E-state index in [1.807, 2.05) is 7.05 Å². The Morgan fingerprint density at radius 1 is 0.960 bits per heavy atom. The molecule has 3 rings (SSSR count). The van der Waals surface area contributed by atoms with Crippen LogP contribution in [-0.4, -0.2) is 46.5 Å². The Balaban J connectivity index is 1.95. The van der Waals surface area contributed by atoms with Crippen LogP contribution >= 0.6 is 0 Å². The topological polar surface area (TPSA) is 66.6 Å². The van der Waals surface area contributed by atoms with Crippen LogP contribution in [0.25, 0.3) is 0 Å². The van der Waals surface area contributed by atoms with E-state index in [0.717, 1.165) is 44.0 Å². The zero-order valence-electron chi connectivity index (χ0n) is 13.7.